The number of anilines is 1. The first-order valence-electron chi connectivity index (χ1n) is 14.7. The smallest absolute Gasteiger partial charge is 0.480 e. The van der Waals surface area contributed by atoms with Gasteiger partial charge in [-0.15, -0.1) is 11.3 Å². The maximum absolute atomic E-state index is 12.6. The third kappa shape index (κ3) is 11.0. The number of carboxylic acids is 2. The highest BCUT2D eigenvalue weighted by Crippen LogP contribution is 2.34. The summed E-state index contributed by atoms with van der Waals surface area (Å²) in [5.74, 6) is -4.29. The van der Waals surface area contributed by atoms with Crippen molar-refractivity contribution in [1.82, 2.24) is 5.32 Å². The molecule has 1 aliphatic carbocycles. The summed E-state index contributed by atoms with van der Waals surface area (Å²) >= 11 is 1.36. The molecule has 16 heteroatoms. The molecule has 260 valence electrons. The van der Waals surface area contributed by atoms with E-state index in [9.17, 15) is 32.3 Å². The number of aliphatic carboxylic acids is 2. The summed E-state index contributed by atoms with van der Waals surface area (Å²) in [6, 6.07) is 19.2. The van der Waals surface area contributed by atoms with E-state index in [1.54, 1.807) is 60.9 Å². The van der Waals surface area contributed by atoms with Crippen LogP contribution in [0.3, 0.4) is 0 Å². The fourth-order valence-corrected chi connectivity index (χ4v) is 5.90. The summed E-state index contributed by atoms with van der Waals surface area (Å²) in [7, 11) is 0. The minimum Gasteiger partial charge on any atom is -0.480 e. The molecule has 49 heavy (non-hydrogen) atoms. The standard InChI is InChI=1S/C16H16N2O3.C15H16N2O3S.C2HF3O2/c17-10-12-5-4-6-13(9-12)16(21)18(11-15(19)20)14-7-2-1-3-8-14;16-14(18)13-12(10-5-1-2-6-11(10)21-13)15(19)17-8-9-4-3-7-20-9;3-2(4,5)1(6)7/h1-9H,10-11,17H2,(H,19,20);3-4,7H,1-2,5-6,8H2,(H2,16,18)(H,17,19);(H,6,7). The molecular weight excluding hydrogens is 669 g/mol. The lowest BCUT2D eigenvalue weighted by molar-refractivity contribution is -0.192. The number of para-hydroxylation sites is 1. The third-order valence-electron chi connectivity index (χ3n) is 6.88. The first-order chi connectivity index (χ1) is 23.2. The Balaban J connectivity index is 0.000000223. The predicted molar refractivity (Wildman–Crippen MR) is 173 cm³/mol. The first-order valence-corrected chi connectivity index (χ1v) is 15.5. The van der Waals surface area contributed by atoms with Gasteiger partial charge in [0, 0.05) is 22.7 Å². The quantitative estimate of drug-likeness (QED) is 0.163. The molecule has 0 saturated carbocycles. The largest absolute Gasteiger partial charge is 0.490 e. The number of carbonyl (C=O) groups is 5. The Morgan fingerprint density at radius 3 is 2.18 bits per heavy atom. The number of halogens is 3. The van der Waals surface area contributed by atoms with Gasteiger partial charge in [0.2, 0.25) is 0 Å². The topological polar surface area (TPSA) is 206 Å². The molecule has 3 amide bonds. The Labute approximate surface area is 282 Å². The van der Waals surface area contributed by atoms with Crippen molar-refractivity contribution in [3.63, 3.8) is 0 Å². The maximum Gasteiger partial charge on any atom is 0.490 e. The summed E-state index contributed by atoms with van der Waals surface area (Å²) in [5.41, 5.74) is 14.2. The summed E-state index contributed by atoms with van der Waals surface area (Å²) in [6.45, 7) is 0.232. The van der Waals surface area contributed by atoms with E-state index in [1.807, 2.05) is 12.1 Å². The van der Waals surface area contributed by atoms with Crippen LogP contribution in [0.1, 0.15) is 65.0 Å². The van der Waals surface area contributed by atoms with Gasteiger partial charge in [-0.3, -0.25) is 24.1 Å². The number of nitrogens with one attached hydrogen (secondary N) is 1. The molecule has 0 aliphatic heterocycles. The normalized spacial score (nSPS) is 11.8. The summed E-state index contributed by atoms with van der Waals surface area (Å²) in [5, 5.41) is 19.0. The van der Waals surface area contributed by atoms with Crippen LogP contribution < -0.4 is 21.7 Å². The molecule has 0 unspecified atom stereocenters. The second-order valence-electron chi connectivity index (χ2n) is 10.4. The van der Waals surface area contributed by atoms with E-state index >= 15 is 0 Å². The van der Waals surface area contributed by atoms with Crippen molar-refractivity contribution in [2.45, 2.75) is 44.9 Å². The highest BCUT2D eigenvalue weighted by atomic mass is 32.1. The molecule has 0 saturated heterocycles. The highest BCUT2D eigenvalue weighted by Gasteiger charge is 2.38. The zero-order chi connectivity index (χ0) is 36.1. The molecule has 0 bridgehead atoms. The molecule has 12 nitrogen and oxygen atoms in total. The number of alkyl halides is 3. The van der Waals surface area contributed by atoms with Crippen LogP contribution in [0.2, 0.25) is 0 Å². The van der Waals surface area contributed by atoms with Crippen molar-refractivity contribution >= 4 is 46.7 Å². The fraction of sp³-hybridized carbons (Fsp3) is 0.242. The van der Waals surface area contributed by atoms with E-state index in [2.05, 4.69) is 5.32 Å². The first kappa shape index (κ1) is 38.0. The van der Waals surface area contributed by atoms with Crippen molar-refractivity contribution in [3.8, 4) is 0 Å². The average Bonchev–Trinajstić information content (AvgIpc) is 3.75. The fourth-order valence-electron chi connectivity index (χ4n) is 4.66. The summed E-state index contributed by atoms with van der Waals surface area (Å²) in [6.07, 6.45) is 0.372. The number of carbonyl (C=O) groups excluding carboxylic acids is 3. The number of fused-ring (bicyclic) bond motifs is 1. The molecule has 0 fully saturated rings. The van der Waals surface area contributed by atoms with Crippen LogP contribution in [-0.2, 0) is 35.5 Å². The minimum absolute atomic E-state index is 0.250. The van der Waals surface area contributed by atoms with E-state index in [0.29, 0.717) is 40.5 Å². The Morgan fingerprint density at radius 2 is 1.61 bits per heavy atom. The zero-order valence-corrected chi connectivity index (χ0v) is 26.7. The number of carboxylic acid groups (broad SMARTS) is 2. The van der Waals surface area contributed by atoms with E-state index in [-0.39, 0.29) is 11.8 Å². The maximum atomic E-state index is 12.6. The van der Waals surface area contributed by atoms with Crippen LogP contribution in [0.25, 0.3) is 0 Å². The van der Waals surface area contributed by atoms with E-state index in [1.165, 1.54) is 16.2 Å². The molecule has 5 rings (SSSR count). The number of aryl methyl sites for hydroxylation is 1. The van der Waals surface area contributed by atoms with Crippen molar-refractivity contribution < 1.29 is 51.8 Å². The summed E-state index contributed by atoms with van der Waals surface area (Å²) < 4.78 is 36.9. The van der Waals surface area contributed by atoms with E-state index < -0.39 is 30.6 Å². The van der Waals surface area contributed by atoms with Crippen molar-refractivity contribution in [1.29, 1.82) is 0 Å². The molecule has 1 aliphatic rings. The van der Waals surface area contributed by atoms with Crippen LogP contribution in [0, 0.1) is 0 Å². The molecule has 0 spiro atoms. The van der Waals surface area contributed by atoms with Gasteiger partial charge in [-0.05, 0) is 73.2 Å². The number of furan rings is 1. The molecule has 7 N–H and O–H groups in total. The van der Waals surface area contributed by atoms with Gasteiger partial charge in [0.1, 0.15) is 17.2 Å². The van der Waals surface area contributed by atoms with Gasteiger partial charge in [0.25, 0.3) is 17.7 Å². The predicted octanol–water partition coefficient (Wildman–Crippen LogP) is 4.76. The number of amides is 3. The van der Waals surface area contributed by atoms with Gasteiger partial charge in [0.15, 0.2) is 0 Å². The Morgan fingerprint density at radius 1 is 0.939 bits per heavy atom. The number of nitrogens with zero attached hydrogens (tertiary/aromatic N) is 1. The molecule has 2 aromatic heterocycles. The lowest BCUT2D eigenvalue weighted by Gasteiger charge is -2.21. The van der Waals surface area contributed by atoms with Crippen LogP contribution in [0.5, 0.6) is 0 Å². The van der Waals surface area contributed by atoms with Gasteiger partial charge in [-0.1, -0.05) is 30.3 Å². The van der Waals surface area contributed by atoms with Crippen molar-refractivity contribution in [2.24, 2.45) is 11.5 Å². The summed E-state index contributed by atoms with van der Waals surface area (Å²) in [4.78, 5) is 59.3. The van der Waals surface area contributed by atoms with Crippen LogP contribution in [-0.4, -0.2) is 52.6 Å². The number of benzene rings is 2. The molecule has 2 aromatic carbocycles. The SMILES string of the molecule is NC(=O)c1sc2c(c1C(=O)NCc1ccco1)CCCC2.NCc1cccc(C(=O)N(CC(=O)O)c2ccccc2)c1.O=C(O)C(F)(F)F. The number of nitrogens with two attached hydrogens (primary N) is 2. The second kappa shape index (κ2) is 17.6. The third-order valence-corrected chi connectivity index (χ3v) is 8.19. The number of hydrogen-bond donors (Lipinski definition) is 5. The minimum atomic E-state index is -5.08. The van der Waals surface area contributed by atoms with E-state index in [4.69, 9.17) is 30.9 Å². The van der Waals surface area contributed by atoms with Crippen LogP contribution in [0.4, 0.5) is 18.9 Å². The Hall–Kier alpha value is -5.48. The lowest BCUT2D eigenvalue weighted by Crippen LogP contribution is -2.35. The molecule has 0 atom stereocenters. The van der Waals surface area contributed by atoms with Crippen molar-refractivity contribution in [3.05, 3.63) is 111 Å². The van der Waals surface area contributed by atoms with Gasteiger partial charge >= 0.3 is 18.1 Å². The van der Waals surface area contributed by atoms with Gasteiger partial charge in [-0.2, -0.15) is 13.2 Å². The monoisotopic (exact) mass is 702 g/mol. The van der Waals surface area contributed by atoms with Gasteiger partial charge in [0.05, 0.1) is 18.4 Å². The number of rotatable bonds is 9. The van der Waals surface area contributed by atoms with Crippen molar-refractivity contribution in [2.75, 3.05) is 11.4 Å². The second-order valence-corrected chi connectivity index (χ2v) is 11.5. The van der Waals surface area contributed by atoms with Crippen LogP contribution >= 0.6 is 11.3 Å². The van der Waals surface area contributed by atoms with Gasteiger partial charge < -0.3 is 31.4 Å². The number of hydrogen-bond acceptors (Lipinski definition) is 8. The highest BCUT2D eigenvalue weighted by molar-refractivity contribution is 7.14. The van der Waals surface area contributed by atoms with E-state index in [0.717, 1.165) is 41.7 Å². The number of primary amides is 1. The average molecular weight is 703 g/mol. The molecular formula is C33H33F3N4O8S. The zero-order valence-electron chi connectivity index (χ0n) is 25.9. The Kier molecular flexibility index (Phi) is 13.6. The van der Waals surface area contributed by atoms with Crippen LogP contribution in [0.15, 0.2) is 77.4 Å². The lowest BCUT2D eigenvalue weighted by atomic mass is 9.94. The van der Waals surface area contributed by atoms with Gasteiger partial charge in [-0.25, -0.2) is 4.79 Å². The molecule has 0 radical (unpaired) electrons. The Bertz CT molecular complexity index is 1760. The molecule has 2 heterocycles. The number of thiophene rings is 1. The molecule has 4 aromatic rings.